The maximum absolute atomic E-state index is 13.3. The highest BCUT2D eigenvalue weighted by molar-refractivity contribution is 7.89. The molecule has 0 atom stereocenters. The zero-order valence-electron chi connectivity index (χ0n) is 15.8. The smallest absolute Gasteiger partial charge is 0.368 e. The lowest BCUT2D eigenvalue weighted by Crippen LogP contribution is -2.30. The predicted molar refractivity (Wildman–Crippen MR) is 105 cm³/mol. The third-order valence-corrected chi connectivity index (χ3v) is 5.60. The van der Waals surface area contributed by atoms with Gasteiger partial charge in [-0.3, -0.25) is 4.79 Å². The van der Waals surface area contributed by atoms with Gasteiger partial charge in [-0.05, 0) is 30.7 Å². The summed E-state index contributed by atoms with van der Waals surface area (Å²) in [4.78, 5) is 19.0. The average molecular weight is 444 g/mol. The SMILES string of the molecule is CCS(=O)(=O)NCCNc1nc(Nc2ccc3c(c2)CC(=O)N3)ncc1C(F)(F)F. The zero-order valence-corrected chi connectivity index (χ0v) is 16.6. The molecule has 4 N–H and O–H groups in total. The van der Waals surface area contributed by atoms with Crippen LogP contribution in [0.3, 0.4) is 0 Å². The molecule has 1 aromatic heterocycles. The number of anilines is 4. The summed E-state index contributed by atoms with van der Waals surface area (Å²) in [7, 11) is -3.46. The molecule has 1 aliphatic rings. The molecule has 0 fully saturated rings. The lowest BCUT2D eigenvalue weighted by Gasteiger charge is -2.15. The van der Waals surface area contributed by atoms with E-state index in [9.17, 15) is 26.4 Å². The van der Waals surface area contributed by atoms with Crippen LogP contribution in [-0.4, -0.2) is 43.1 Å². The third-order valence-electron chi connectivity index (χ3n) is 4.20. The Bertz CT molecular complexity index is 1060. The summed E-state index contributed by atoms with van der Waals surface area (Å²) in [6, 6.07) is 4.99. The number of alkyl halides is 3. The van der Waals surface area contributed by atoms with Gasteiger partial charge < -0.3 is 16.0 Å². The monoisotopic (exact) mass is 444 g/mol. The Morgan fingerprint density at radius 1 is 1.23 bits per heavy atom. The number of halogens is 3. The molecule has 3 rings (SSSR count). The molecule has 0 saturated carbocycles. The van der Waals surface area contributed by atoms with Crippen LogP contribution in [0, 0.1) is 0 Å². The second kappa shape index (κ2) is 8.44. The lowest BCUT2D eigenvalue weighted by atomic mass is 10.1. The number of hydrogen-bond donors (Lipinski definition) is 4. The number of amides is 1. The summed E-state index contributed by atoms with van der Waals surface area (Å²) < 4.78 is 64.9. The van der Waals surface area contributed by atoms with Gasteiger partial charge in [0.05, 0.1) is 12.2 Å². The summed E-state index contributed by atoms with van der Waals surface area (Å²) in [6.45, 7) is 1.24. The number of rotatable bonds is 8. The van der Waals surface area contributed by atoms with Crippen molar-refractivity contribution < 1.29 is 26.4 Å². The van der Waals surface area contributed by atoms with E-state index in [1.807, 2.05) is 0 Å². The van der Waals surface area contributed by atoms with Crippen molar-refractivity contribution in [2.45, 2.75) is 19.5 Å². The highest BCUT2D eigenvalue weighted by Gasteiger charge is 2.35. The molecular formula is C17H19F3N6O3S. The molecule has 1 amide bonds. The fourth-order valence-electron chi connectivity index (χ4n) is 2.71. The second-order valence-corrected chi connectivity index (χ2v) is 8.50. The van der Waals surface area contributed by atoms with E-state index in [1.54, 1.807) is 18.2 Å². The van der Waals surface area contributed by atoms with E-state index >= 15 is 0 Å². The van der Waals surface area contributed by atoms with Gasteiger partial charge >= 0.3 is 6.18 Å². The van der Waals surface area contributed by atoms with Gasteiger partial charge in [0.15, 0.2) is 0 Å². The molecule has 0 radical (unpaired) electrons. The maximum atomic E-state index is 13.3. The van der Waals surface area contributed by atoms with E-state index in [2.05, 4.69) is 30.6 Å². The molecule has 30 heavy (non-hydrogen) atoms. The van der Waals surface area contributed by atoms with E-state index in [0.717, 1.165) is 5.56 Å². The molecule has 13 heteroatoms. The Kier molecular flexibility index (Phi) is 6.12. The Hall–Kier alpha value is -2.93. The number of nitrogens with one attached hydrogen (secondary N) is 4. The van der Waals surface area contributed by atoms with E-state index in [0.29, 0.717) is 17.6 Å². The van der Waals surface area contributed by atoms with Crippen molar-refractivity contribution in [1.82, 2.24) is 14.7 Å². The summed E-state index contributed by atoms with van der Waals surface area (Å²) in [5.41, 5.74) is 0.857. The van der Waals surface area contributed by atoms with Crippen molar-refractivity contribution in [1.29, 1.82) is 0 Å². The van der Waals surface area contributed by atoms with Crippen molar-refractivity contribution in [2.24, 2.45) is 0 Å². The van der Waals surface area contributed by atoms with Crippen LogP contribution in [0.1, 0.15) is 18.1 Å². The van der Waals surface area contributed by atoms with Gasteiger partial charge in [0.1, 0.15) is 11.4 Å². The summed E-state index contributed by atoms with van der Waals surface area (Å²) in [5.74, 6) is -0.840. The minimum atomic E-state index is -4.69. The van der Waals surface area contributed by atoms with E-state index in [1.165, 1.54) is 6.92 Å². The summed E-state index contributed by atoms with van der Waals surface area (Å²) in [5, 5.41) is 7.99. The topological polar surface area (TPSA) is 125 Å². The fraction of sp³-hybridized carbons (Fsp3) is 0.353. The van der Waals surface area contributed by atoms with Crippen molar-refractivity contribution in [2.75, 3.05) is 34.8 Å². The Morgan fingerprint density at radius 2 is 2.00 bits per heavy atom. The van der Waals surface area contributed by atoms with Crippen LogP contribution in [0.4, 0.5) is 36.3 Å². The quantitative estimate of drug-likeness (QED) is 0.460. The molecule has 0 unspecified atom stereocenters. The zero-order chi connectivity index (χ0) is 21.9. The number of benzene rings is 1. The number of nitrogens with zero attached hydrogens (tertiary/aromatic N) is 2. The van der Waals surface area contributed by atoms with Crippen LogP contribution < -0.4 is 20.7 Å². The molecule has 9 nitrogen and oxygen atoms in total. The van der Waals surface area contributed by atoms with Crippen molar-refractivity contribution in [3.05, 3.63) is 35.5 Å². The average Bonchev–Trinajstić information content (AvgIpc) is 3.04. The minimum absolute atomic E-state index is 0.0862. The van der Waals surface area contributed by atoms with Crippen LogP contribution in [0.25, 0.3) is 0 Å². The van der Waals surface area contributed by atoms with Gasteiger partial charge in [0, 0.05) is 30.7 Å². The first-order valence-electron chi connectivity index (χ1n) is 8.92. The first-order valence-corrected chi connectivity index (χ1v) is 10.6. The lowest BCUT2D eigenvalue weighted by molar-refractivity contribution is -0.137. The molecule has 1 aliphatic heterocycles. The summed E-state index contributed by atoms with van der Waals surface area (Å²) in [6.07, 6.45) is -3.84. The standard InChI is InChI=1S/C17H19F3N6O3S/c1-2-30(28,29)23-6-5-21-15-12(17(18,19)20)9-22-16(26-15)24-11-3-4-13-10(7-11)8-14(27)25-13/h3-4,7,9,23H,2,5-6,8H2,1H3,(H,25,27)(H2,21,22,24,26). The molecule has 2 heterocycles. The Labute approximate surface area is 170 Å². The molecule has 2 aromatic rings. The molecule has 0 aliphatic carbocycles. The van der Waals surface area contributed by atoms with Crippen LogP contribution >= 0.6 is 0 Å². The van der Waals surface area contributed by atoms with Crippen molar-refractivity contribution >= 4 is 39.1 Å². The van der Waals surface area contributed by atoms with Gasteiger partial charge in [-0.1, -0.05) is 0 Å². The number of carbonyl (C=O) groups excluding carboxylic acids is 1. The number of sulfonamides is 1. The normalized spacial score (nSPS) is 13.7. The largest absolute Gasteiger partial charge is 0.421 e. The van der Waals surface area contributed by atoms with Crippen LogP contribution in [-0.2, 0) is 27.4 Å². The van der Waals surface area contributed by atoms with Gasteiger partial charge in [0.25, 0.3) is 0 Å². The summed E-state index contributed by atoms with van der Waals surface area (Å²) >= 11 is 0. The van der Waals surface area contributed by atoms with Gasteiger partial charge in [-0.15, -0.1) is 0 Å². The number of hydrogen-bond acceptors (Lipinski definition) is 7. The van der Waals surface area contributed by atoms with Crippen LogP contribution in [0.5, 0.6) is 0 Å². The molecule has 0 spiro atoms. The van der Waals surface area contributed by atoms with Gasteiger partial charge in [0.2, 0.25) is 21.9 Å². The van der Waals surface area contributed by atoms with E-state index in [-0.39, 0.29) is 37.1 Å². The predicted octanol–water partition coefficient (Wildman–Crippen LogP) is 2.08. The van der Waals surface area contributed by atoms with Gasteiger partial charge in [-0.2, -0.15) is 18.2 Å². The highest BCUT2D eigenvalue weighted by atomic mass is 32.2. The van der Waals surface area contributed by atoms with Gasteiger partial charge in [-0.25, -0.2) is 18.1 Å². The second-order valence-electron chi connectivity index (χ2n) is 6.40. The first kappa shape index (κ1) is 21.8. The number of aromatic nitrogens is 2. The first-order chi connectivity index (χ1) is 14.1. The molecule has 162 valence electrons. The minimum Gasteiger partial charge on any atom is -0.368 e. The molecule has 0 saturated heterocycles. The Morgan fingerprint density at radius 3 is 2.70 bits per heavy atom. The van der Waals surface area contributed by atoms with E-state index < -0.39 is 27.6 Å². The highest BCUT2D eigenvalue weighted by Crippen LogP contribution is 2.34. The third kappa shape index (κ3) is 5.36. The number of carbonyl (C=O) groups is 1. The number of fused-ring (bicyclic) bond motifs is 1. The maximum Gasteiger partial charge on any atom is 0.421 e. The molecule has 0 bridgehead atoms. The fourth-order valence-corrected chi connectivity index (χ4v) is 3.33. The molecule has 1 aromatic carbocycles. The van der Waals surface area contributed by atoms with E-state index in [4.69, 9.17) is 0 Å². The van der Waals surface area contributed by atoms with Crippen LogP contribution in [0.15, 0.2) is 24.4 Å². The Balaban J connectivity index is 1.75. The van der Waals surface area contributed by atoms with Crippen molar-refractivity contribution in [3.8, 4) is 0 Å². The van der Waals surface area contributed by atoms with Crippen molar-refractivity contribution in [3.63, 3.8) is 0 Å². The molecular weight excluding hydrogens is 425 g/mol. The van der Waals surface area contributed by atoms with Crippen LogP contribution in [0.2, 0.25) is 0 Å².